The van der Waals surface area contributed by atoms with Gasteiger partial charge in [-0.05, 0) is 54.4 Å². The van der Waals surface area contributed by atoms with Crippen molar-refractivity contribution in [1.82, 2.24) is 4.90 Å². The summed E-state index contributed by atoms with van der Waals surface area (Å²) in [6.07, 6.45) is 6.91. The molecular weight excluding hydrogens is 314 g/mol. The summed E-state index contributed by atoms with van der Waals surface area (Å²) >= 11 is 0. The maximum Gasteiger partial charge on any atom is 0.246 e. The van der Waals surface area contributed by atoms with Gasteiger partial charge in [-0.25, -0.2) is 0 Å². The summed E-state index contributed by atoms with van der Waals surface area (Å²) in [5, 5.41) is 0. The number of methoxy groups -OCH3 is 2. The van der Waals surface area contributed by atoms with Crippen LogP contribution < -0.4 is 9.47 Å². The monoisotopic (exact) mass is 343 g/mol. The molecule has 1 aliphatic heterocycles. The number of hydrogen-bond acceptors (Lipinski definition) is 3. The molecular formula is C21H29NO3. The van der Waals surface area contributed by atoms with Gasteiger partial charge in [-0.3, -0.25) is 4.79 Å². The lowest BCUT2D eigenvalue weighted by atomic mass is 9.65. The highest BCUT2D eigenvalue weighted by molar-refractivity contribution is 5.92. The molecule has 0 radical (unpaired) electrons. The number of fused-ring (bicyclic) bond motifs is 2. The van der Waals surface area contributed by atoms with Gasteiger partial charge in [0.05, 0.1) is 14.2 Å². The van der Waals surface area contributed by atoms with Crippen molar-refractivity contribution >= 4 is 12.0 Å². The van der Waals surface area contributed by atoms with Gasteiger partial charge in [0.25, 0.3) is 0 Å². The number of ether oxygens (including phenoxy) is 2. The molecule has 1 amide bonds. The van der Waals surface area contributed by atoms with E-state index in [0.717, 1.165) is 36.4 Å². The number of rotatable bonds is 4. The zero-order chi connectivity index (χ0) is 18.2. The molecule has 2 atom stereocenters. The quantitative estimate of drug-likeness (QED) is 0.771. The number of benzene rings is 1. The van der Waals surface area contributed by atoms with Crippen LogP contribution >= 0.6 is 0 Å². The molecule has 1 aromatic carbocycles. The molecule has 4 heteroatoms. The Labute approximate surface area is 150 Å². The Morgan fingerprint density at radius 2 is 1.96 bits per heavy atom. The van der Waals surface area contributed by atoms with Crippen molar-refractivity contribution in [3.05, 3.63) is 29.8 Å². The van der Waals surface area contributed by atoms with Crippen molar-refractivity contribution in [3.63, 3.8) is 0 Å². The Kier molecular flexibility index (Phi) is 4.56. The van der Waals surface area contributed by atoms with Crippen LogP contribution in [0.15, 0.2) is 24.3 Å². The minimum absolute atomic E-state index is 0.0938. The summed E-state index contributed by atoms with van der Waals surface area (Å²) in [5.74, 6) is 1.58. The summed E-state index contributed by atoms with van der Waals surface area (Å²) in [7, 11) is 3.26. The summed E-state index contributed by atoms with van der Waals surface area (Å²) in [6, 6.07) is 5.95. The van der Waals surface area contributed by atoms with Crippen LogP contribution in [-0.4, -0.2) is 37.6 Å². The van der Waals surface area contributed by atoms with E-state index in [4.69, 9.17) is 9.47 Å². The minimum atomic E-state index is 0.0938. The molecule has 1 saturated carbocycles. The number of hydrogen-bond donors (Lipinski definition) is 0. The number of likely N-dealkylation sites (tertiary alicyclic amines) is 1. The summed E-state index contributed by atoms with van der Waals surface area (Å²) in [6.45, 7) is 7.83. The average molecular weight is 343 g/mol. The second-order valence-corrected chi connectivity index (χ2v) is 8.62. The topological polar surface area (TPSA) is 38.8 Å². The molecule has 2 aliphatic rings. The van der Waals surface area contributed by atoms with Crippen LogP contribution in [0, 0.1) is 10.8 Å². The van der Waals surface area contributed by atoms with Crippen LogP contribution in [0.1, 0.15) is 45.6 Å². The molecule has 0 spiro atoms. The molecule has 0 aromatic heterocycles. The molecule has 3 rings (SSSR count). The van der Waals surface area contributed by atoms with Crippen LogP contribution in [0.3, 0.4) is 0 Å². The number of nitrogens with zero attached hydrogens (tertiary/aromatic N) is 1. The van der Waals surface area contributed by atoms with Crippen LogP contribution in [0.2, 0.25) is 0 Å². The van der Waals surface area contributed by atoms with Gasteiger partial charge < -0.3 is 14.4 Å². The Bertz CT molecular complexity index is 694. The summed E-state index contributed by atoms with van der Waals surface area (Å²) in [5.41, 5.74) is 1.42. The molecule has 25 heavy (non-hydrogen) atoms. The summed E-state index contributed by atoms with van der Waals surface area (Å²) in [4.78, 5) is 14.9. The largest absolute Gasteiger partial charge is 0.497 e. The van der Waals surface area contributed by atoms with E-state index in [2.05, 4.69) is 25.7 Å². The molecule has 4 nitrogen and oxygen atoms in total. The lowest BCUT2D eigenvalue weighted by molar-refractivity contribution is -0.127. The van der Waals surface area contributed by atoms with E-state index >= 15 is 0 Å². The SMILES string of the molecule is COc1ccc(OC)c(/C=C/C(=O)N2CC3(C)CC2CC(C)(C)C3)c1. The van der Waals surface area contributed by atoms with Gasteiger partial charge in [-0.1, -0.05) is 20.8 Å². The third-order valence-electron chi connectivity index (χ3n) is 5.54. The number of amides is 1. The lowest BCUT2D eigenvalue weighted by Crippen LogP contribution is -2.36. The van der Waals surface area contributed by atoms with E-state index in [0.29, 0.717) is 11.5 Å². The minimum Gasteiger partial charge on any atom is -0.497 e. The third-order valence-corrected chi connectivity index (χ3v) is 5.54. The van der Waals surface area contributed by atoms with Gasteiger partial charge in [0.1, 0.15) is 11.5 Å². The second-order valence-electron chi connectivity index (χ2n) is 8.62. The number of carbonyl (C=O) groups excluding carboxylic acids is 1. The molecule has 1 saturated heterocycles. The van der Waals surface area contributed by atoms with Gasteiger partial charge in [0.15, 0.2) is 0 Å². The number of carbonyl (C=O) groups is 1. The van der Waals surface area contributed by atoms with Crippen LogP contribution in [0.25, 0.3) is 6.08 Å². The van der Waals surface area contributed by atoms with Crippen LogP contribution in [0.4, 0.5) is 0 Å². The van der Waals surface area contributed by atoms with E-state index in [1.807, 2.05) is 24.3 Å². The molecule has 136 valence electrons. The van der Waals surface area contributed by atoms with Gasteiger partial charge in [-0.15, -0.1) is 0 Å². The van der Waals surface area contributed by atoms with Crippen molar-refractivity contribution < 1.29 is 14.3 Å². The fraction of sp³-hybridized carbons (Fsp3) is 0.571. The first kappa shape index (κ1) is 17.8. The van der Waals surface area contributed by atoms with Crippen LogP contribution in [0.5, 0.6) is 11.5 Å². The summed E-state index contributed by atoms with van der Waals surface area (Å²) < 4.78 is 10.7. The Morgan fingerprint density at radius 1 is 1.20 bits per heavy atom. The van der Waals surface area contributed by atoms with Crippen molar-refractivity contribution in [2.75, 3.05) is 20.8 Å². The van der Waals surface area contributed by atoms with Gasteiger partial charge in [-0.2, -0.15) is 0 Å². The van der Waals surface area contributed by atoms with E-state index in [1.54, 1.807) is 20.3 Å². The Morgan fingerprint density at radius 3 is 2.64 bits per heavy atom. The fourth-order valence-electron chi connectivity index (χ4n) is 4.94. The predicted octanol–water partition coefficient (Wildman–Crippen LogP) is 4.14. The first-order valence-electron chi connectivity index (χ1n) is 8.96. The zero-order valence-electron chi connectivity index (χ0n) is 16.0. The van der Waals surface area contributed by atoms with Gasteiger partial charge >= 0.3 is 0 Å². The first-order chi connectivity index (χ1) is 11.8. The molecule has 1 aromatic rings. The van der Waals surface area contributed by atoms with E-state index in [1.165, 1.54) is 6.42 Å². The van der Waals surface area contributed by atoms with Crippen molar-refractivity contribution in [2.24, 2.45) is 10.8 Å². The average Bonchev–Trinajstić information content (AvgIpc) is 2.81. The predicted molar refractivity (Wildman–Crippen MR) is 99.8 cm³/mol. The Hall–Kier alpha value is -1.97. The molecule has 2 bridgehead atoms. The fourth-order valence-corrected chi connectivity index (χ4v) is 4.94. The highest BCUT2D eigenvalue weighted by Gasteiger charge is 2.50. The van der Waals surface area contributed by atoms with Gasteiger partial charge in [0, 0.05) is 24.2 Å². The van der Waals surface area contributed by atoms with Crippen molar-refractivity contribution in [1.29, 1.82) is 0 Å². The van der Waals surface area contributed by atoms with E-state index in [-0.39, 0.29) is 11.3 Å². The molecule has 1 aliphatic carbocycles. The van der Waals surface area contributed by atoms with Crippen LogP contribution in [-0.2, 0) is 4.79 Å². The highest BCUT2D eigenvalue weighted by atomic mass is 16.5. The Balaban J connectivity index is 1.78. The third kappa shape index (κ3) is 3.68. The van der Waals surface area contributed by atoms with Crippen molar-refractivity contribution in [2.45, 2.75) is 46.1 Å². The highest BCUT2D eigenvalue weighted by Crippen LogP contribution is 2.52. The van der Waals surface area contributed by atoms with E-state index in [9.17, 15) is 4.79 Å². The normalized spacial score (nSPS) is 27.6. The second kappa shape index (κ2) is 6.40. The smallest absolute Gasteiger partial charge is 0.246 e. The van der Waals surface area contributed by atoms with E-state index < -0.39 is 0 Å². The zero-order valence-corrected chi connectivity index (χ0v) is 16.0. The molecule has 0 N–H and O–H groups in total. The molecule has 2 unspecified atom stereocenters. The molecule has 2 fully saturated rings. The maximum absolute atomic E-state index is 12.8. The van der Waals surface area contributed by atoms with Gasteiger partial charge in [0.2, 0.25) is 5.91 Å². The standard InChI is InChI=1S/C21H29NO3/c1-20(2)11-16-12-21(3,13-20)14-22(16)19(23)9-6-15-10-17(24-4)7-8-18(15)25-5/h6-10,16H,11-14H2,1-5H3/b9-6+. The first-order valence-corrected chi connectivity index (χ1v) is 8.96. The molecule has 1 heterocycles. The van der Waals surface area contributed by atoms with Crippen molar-refractivity contribution in [3.8, 4) is 11.5 Å². The lowest BCUT2D eigenvalue weighted by Gasteiger charge is -2.39. The maximum atomic E-state index is 12.8.